The van der Waals surface area contributed by atoms with Gasteiger partial charge in [0, 0.05) is 37.6 Å². The summed E-state index contributed by atoms with van der Waals surface area (Å²) in [4.78, 5) is 32.3. The molecule has 0 saturated carbocycles. The molecule has 3 heterocycles. The van der Waals surface area contributed by atoms with E-state index in [1.54, 1.807) is 12.0 Å². The fraction of sp³-hybridized carbons (Fsp3) is 0.515. The maximum atomic E-state index is 14.1. The summed E-state index contributed by atoms with van der Waals surface area (Å²) in [7, 11) is 1.63. The number of aromatic nitrogens is 1. The smallest absolute Gasteiger partial charge is 0.271 e. The molecule has 1 fully saturated rings. The number of ether oxygens (including phenoxy) is 2. The van der Waals surface area contributed by atoms with Crippen molar-refractivity contribution in [3.05, 3.63) is 59.8 Å². The number of carbonyl (C=O) groups is 2. The summed E-state index contributed by atoms with van der Waals surface area (Å²) in [5.41, 5.74) is 1.34. The van der Waals surface area contributed by atoms with Crippen LogP contribution < -0.4 is 14.8 Å². The van der Waals surface area contributed by atoms with Crippen LogP contribution in [-0.2, 0) is 17.9 Å². The fourth-order valence-corrected chi connectivity index (χ4v) is 6.62. The van der Waals surface area contributed by atoms with Gasteiger partial charge in [-0.05, 0) is 81.0 Å². The van der Waals surface area contributed by atoms with Gasteiger partial charge in [0.25, 0.3) is 5.91 Å². The molecule has 0 aliphatic carbocycles. The highest BCUT2D eigenvalue weighted by atomic mass is 16.5. The standard InChI is InChI=1S/C33H44N4O4/c1-6-41-27-11-8-25(9-12-27)21-37-31(38)30-17-26-10-13-28(40-5)18-29(26)36(30)22-33(37,4)32(39)34-14-7-15-35-19-23(2)16-24(3)20-35/h8-13,17-18,23-24H,6-7,14-16,19-22H2,1-5H3,(H,34,39)/t23-,24-,33-/m1/s1. The summed E-state index contributed by atoms with van der Waals surface area (Å²) < 4.78 is 13.0. The Labute approximate surface area is 243 Å². The molecule has 5 rings (SSSR count). The lowest BCUT2D eigenvalue weighted by molar-refractivity contribution is -0.133. The maximum Gasteiger partial charge on any atom is 0.271 e. The van der Waals surface area contributed by atoms with Gasteiger partial charge in [-0.1, -0.05) is 26.0 Å². The van der Waals surface area contributed by atoms with Crippen molar-refractivity contribution in [3.63, 3.8) is 0 Å². The van der Waals surface area contributed by atoms with Gasteiger partial charge in [-0.3, -0.25) is 9.59 Å². The van der Waals surface area contributed by atoms with Gasteiger partial charge in [0.05, 0.1) is 25.8 Å². The lowest BCUT2D eigenvalue weighted by Gasteiger charge is -2.44. The number of methoxy groups -OCH3 is 1. The summed E-state index contributed by atoms with van der Waals surface area (Å²) in [5.74, 6) is 2.63. The van der Waals surface area contributed by atoms with Crippen LogP contribution in [-0.4, -0.2) is 71.6 Å². The van der Waals surface area contributed by atoms with Crippen molar-refractivity contribution in [3.8, 4) is 11.5 Å². The second-order valence-electron chi connectivity index (χ2n) is 12.1. The van der Waals surface area contributed by atoms with Crippen LogP contribution in [0.15, 0.2) is 48.5 Å². The number of rotatable bonds is 10. The molecular weight excluding hydrogens is 516 g/mol. The lowest BCUT2D eigenvalue weighted by atomic mass is 9.92. The lowest BCUT2D eigenvalue weighted by Crippen LogP contribution is -2.63. The predicted molar refractivity (Wildman–Crippen MR) is 161 cm³/mol. The van der Waals surface area contributed by atoms with Crippen molar-refractivity contribution < 1.29 is 19.1 Å². The minimum absolute atomic E-state index is 0.132. The first kappa shape index (κ1) is 29.0. The molecule has 3 aromatic rings. The number of fused-ring (bicyclic) bond motifs is 3. The Hall–Kier alpha value is -3.52. The number of piperidine rings is 1. The van der Waals surface area contributed by atoms with Crippen molar-refractivity contribution in [1.29, 1.82) is 0 Å². The quantitative estimate of drug-likeness (QED) is 0.355. The molecule has 1 saturated heterocycles. The second-order valence-corrected chi connectivity index (χ2v) is 12.1. The summed E-state index contributed by atoms with van der Waals surface area (Å²) in [5, 5.41) is 4.14. The molecule has 0 bridgehead atoms. The van der Waals surface area contributed by atoms with Crippen molar-refractivity contribution in [2.45, 2.75) is 59.2 Å². The van der Waals surface area contributed by atoms with Crippen molar-refractivity contribution in [2.24, 2.45) is 11.8 Å². The minimum Gasteiger partial charge on any atom is -0.497 e. The maximum absolute atomic E-state index is 14.1. The van der Waals surface area contributed by atoms with E-state index >= 15 is 0 Å². The SMILES string of the molecule is CCOc1ccc(CN2C(=O)c3cc4ccc(OC)cc4n3C[C@]2(C)C(=O)NCCCN2C[C@H](C)C[C@@H](C)C2)cc1. The molecule has 220 valence electrons. The van der Waals surface area contributed by atoms with E-state index in [1.165, 1.54) is 6.42 Å². The van der Waals surface area contributed by atoms with Crippen molar-refractivity contribution in [1.82, 2.24) is 19.7 Å². The third-order valence-electron chi connectivity index (χ3n) is 8.58. The Kier molecular flexibility index (Phi) is 8.59. The minimum atomic E-state index is -1.08. The zero-order valence-corrected chi connectivity index (χ0v) is 25.1. The molecule has 0 spiro atoms. The van der Waals surface area contributed by atoms with Crippen molar-refractivity contribution in [2.75, 3.05) is 39.9 Å². The van der Waals surface area contributed by atoms with Gasteiger partial charge in [-0.25, -0.2) is 0 Å². The Morgan fingerprint density at radius 2 is 1.76 bits per heavy atom. The van der Waals surface area contributed by atoms with Crippen LogP contribution in [0, 0.1) is 11.8 Å². The number of hydrogen-bond acceptors (Lipinski definition) is 5. The molecule has 2 aliphatic rings. The van der Waals surface area contributed by atoms with Gasteiger partial charge in [-0.2, -0.15) is 0 Å². The van der Waals surface area contributed by atoms with Crippen LogP contribution in [0.4, 0.5) is 0 Å². The van der Waals surface area contributed by atoms with Gasteiger partial charge in [0.1, 0.15) is 22.7 Å². The Morgan fingerprint density at radius 3 is 2.44 bits per heavy atom. The fourth-order valence-electron chi connectivity index (χ4n) is 6.62. The highest BCUT2D eigenvalue weighted by Gasteiger charge is 2.47. The van der Waals surface area contributed by atoms with Crippen LogP contribution in [0.25, 0.3) is 10.9 Å². The van der Waals surface area contributed by atoms with Gasteiger partial charge < -0.3 is 29.2 Å². The molecule has 8 heteroatoms. The molecule has 0 radical (unpaired) electrons. The molecule has 41 heavy (non-hydrogen) atoms. The van der Waals surface area contributed by atoms with Crippen LogP contribution in [0.2, 0.25) is 0 Å². The number of hydrogen-bond donors (Lipinski definition) is 1. The number of carbonyl (C=O) groups excluding carboxylic acids is 2. The Balaban J connectivity index is 1.38. The van der Waals surface area contributed by atoms with E-state index in [0.717, 1.165) is 54.0 Å². The Bertz CT molecular complexity index is 1370. The highest BCUT2D eigenvalue weighted by Crippen LogP contribution is 2.35. The van der Waals surface area contributed by atoms with E-state index in [9.17, 15) is 9.59 Å². The summed E-state index contributed by atoms with van der Waals surface area (Å²) in [6, 6.07) is 15.5. The summed E-state index contributed by atoms with van der Waals surface area (Å²) in [6.07, 6.45) is 2.16. The number of nitrogens with one attached hydrogen (secondary N) is 1. The molecular formula is C33H44N4O4. The van der Waals surface area contributed by atoms with Crippen LogP contribution in [0.5, 0.6) is 11.5 Å². The zero-order valence-electron chi connectivity index (χ0n) is 25.1. The van der Waals surface area contributed by atoms with E-state index in [4.69, 9.17) is 9.47 Å². The van der Waals surface area contributed by atoms with E-state index in [2.05, 4.69) is 24.1 Å². The average molecular weight is 561 g/mol. The first-order chi connectivity index (χ1) is 19.7. The topological polar surface area (TPSA) is 76.0 Å². The predicted octanol–water partition coefficient (Wildman–Crippen LogP) is 4.95. The van der Waals surface area contributed by atoms with E-state index in [1.807, 2.05) is 66.9 Å². The molecule has 2 aromatic carbocycles. The Morgan fingerprint density at radius 1 is 1.05 bits per heavy atom. The molecule has 2 aliphatic heterocycles. The molecule has 1 aromatic heterocycles. The second kappa shape index (κ2) is 12.1. The van der Waals surface area contributed by atoms with Gasteiger partial charge in [0.15, 0.2) is 0 Å². The normalized spacial score (nSPS) is 23.0. The van der Waals surface area contributed by atoms with E-state index in [-0.39, 0.29) is 11.8 Å². The van der Waals surface area contributed by atoms with E-state index < -0.39 is 5.54 Å². The molecule has 3 atom stereocenters. The highest BCUT2D eigenvalue weighted by molar-refractivity contribution is 6.03. The van der Waals surface area contributed by atoms with E-state index in [0.29, 0.717) is 43.8 Å². The third kappa shape index (κ3) is 6.08. The van der Waals surface area contributed by atoms with Crippen LogP contribution >= 0.6 is 0 Å². The third-order valence-corrected chi connectivity index (χ3v) is 8.58. The number of nitrogens with zero attached hydrogens (tertiary/aromatic N) is 3. The van der Waals surface area contributed by atoms with Gasteiger partial charge in [0.2, 0.25) is 5.91 Å². The summed E-state index contributed by atoms with van der Waals surface area (Å²) >= 11 is 0. The van der Waals surface area contributed by atoms with Crippen LogP contribution in [0.3, 0.4) is 0 Å². The number of benzene rings is 2. The molecule has 0 unspecified atom stereocenters. The van der Waals surface area contributed by atoms with Crippen molar-refractivity contribution >= 4 is 22.7 Å². The largest absolute Gasteiger partial charge is 0.497 e. The molecule has 8 nitrogen and oxygen atoms in total. The molecule has 2 amide bonds. The van der Waals surface area contributed by atoms with Crippen LogP contribution in [0.1, 0.15) is 56.6 Å². The summed E-state index contributed by atoms with van der Waals surface area (Å²) in [6.45, 7) is 13.5. The van der Waals surface area contributed by atoms with Gasteiger partial charge >= 0.3 is 0 Å². The first-order valence-electron chi connectivity index (χ1n) is 14.9. The van der Waals surface area contributed by atoms with Gasteiger partial charge in [-0.15, -0.1) is 0 Å². The average Bonchev–Trinajstić information content (AvgIpc) is 3.31. The molecule has 1 N–H and O–H groups in total. The monoisotopic (exact) mass is 560 g/mol. The first-order valence-corrected chi connectivity index (χ1v) is 14.9. The number of likely N-dealkylation sites (tertiary alicyclic amines) is 1. The zero-order chi connectivity index (χ0) is 29.1. The number of amides is 2.